The molecule has 1 atom stereocenters. The third-order valence-corrected chi connectivity index (χ3v) is 5.92. The van der Waals surface area contributed by atoms with E-state index in [4.69, 9.17) is 4.84 Å². The number of benzene rings is 2. The van der Waals surface area contributed by atoms with Gasteiger partial charge in [-0.1, -0.05) is 54.4 Å². The fourth-order valence-electron chi connectivity index (χ4n) is 4.30. The third-order valence-electron chi connectivity index (χ3n) is 5.92. The standard InChI is InChI=1S/C24H27FN2O2/c1-17-6-2-5-9-22(17)23-14-21(29-26-23)16-27(24(28)19-7-3-4-8-19)15-18-10-12-20(25)13-11-18/h2,5-6,9-13,19,21H,3-4,7-8,14-16H2,1H3/t21-/m0/s1. The Morgan fingerprint density at radius 3 is 2.59 bits per heavy atom. The SMILES string of the molecule is Cc1ccccc1C1=NO[C@H](CN(Cc2ccc(F)cc2)C(=O)C2CCCC2)C1. The summed E-state index contributed by atoms with van der Waals surface area (Å²) in [7, 11) is 0. The van der Waals surface area contributed by atoms with Gasteiger partial charge in [-0.2, -0.15) is 0 Å². The van der Waals surface area contributed by atoms with Crippen LogP contribution in [0.3, 0.4) is 0 Å². The highest BCUT2D eigenvalue weighted by atomic mass is 19.1. The summed E-state index contributed by atoms with van der Waals surface area (Å²) in [6, 6.07) is 14.5. The summed E-state index contributed by atoms with van der Waals surface area (Å²) in [5.41, 5.74) is 4.13. The van der Waals surface area contributed by atoms with Gasteiger partial charge in [-0.05, 0) is 43.0 Å². The Morgan fingerprint density at radius 2 is 1.86 bits per heavy atom. The predicted octanol–water partition coefficient (Wildman–Crippen LogP) is 4.85. The van der Waals surface area contributed by atoms with Gasteiger partial charge >= 0.3 is 0 Å². The smallest absolute Gasteiger partial charge is 0.226 e. The van der Waals surface area contributed by atoms with Crippen molar-refractivity contribution in [2.45, 2.75) is 51.7 Å². The molecule has 2 aromatic rings. The summed E-state index contributed by atoms with van der Waals surface area (Å²) in [4.78, 5) is 20.8. The minimum absolute atomic E-state index is 0.0913. The molecule has 4 nitrogen and oxygen atoms in total. The van der Waals surface area contributed by atoms with E-state index < -0.39 is 0 Å². The molecule has 2 aromatic carbocycles. The molecule has 1 heterocycles. The lowest BCUT2D eigenvalue weighted by molar-refractivity contribution is -0.137. The van der Waals surface area contributed by atoms with Crippen molar-refractivity contribution in [2.24, 2.45) is 11.1 Å². The molecule has 0 N–H and O–H groups in total. The fourth-order valence-corrected chi connectivity index (χ4v) is 4.30. The van der Waals surface area contributed by atoms with Crippen LogP contribution in [0, 0.1) is 18.7 Å². The van der Waals surface area contributed by atoms with E-state index in [9.17, 15) is 9.18 Å². The van der Waals surface area contributed by atoms with Crippen molar-refractivity contribution in [2.75, 3.05) is 6.54 Å². The van der Waals surface area contributed by atoms with Crippen molar-refractivity contribution in [3.8, 4) is 0 Å². The molecule has 0 spiro atoms. The van der Waals surface area contributed by atoms with E-state index in [1.165, 1.54) is 17.7 Å². The Balaban J connectivity index is 1.46. The number of aryl methyl sites for hydroxylation is 1. The lowest BCUT2D eigenvalue weighted by Crippen LogP contribution is -2.40. The molecule has 29 heavy (non-hydrogen) atoms. The third kappa shape index (κ3) is 4.66. The van der Waals surface area contributed by atoms with Gasteiger partial charge in [-0.3, -0.25) is 4.79 Å². The van der Waals surface area contributed by atoms with Gasteiger partial charge in [0.25, 0.3) is 0 Å². The minimum atomic E-state index is -0.266. The first-order chi connectivity index (χ1) is 14.1. The van der Waals surface area contributed by atoms with Crippen LogP contribution in [0.1, 0.15) is 48.8 Å². The molecule has 0 unspecified atom stereocenters. The zero-order valence-electron chi connectivity index (χ0n) is 16.8. The number of hydrogen-bond donors (Lipinski definition) is 0. The van der Waals surface area contributed by atoms with E-state index in [1.807, 2.05) is 17.0 Å². The quantitative estimate of drug-likeness (QED) is 0.703. The van der Waals surface area contributed by atoms with Gasteiger partial charge in [-0.25, -0.2) is 4.39 Å². The van der Waals surface area contributed by atoms with Crippen molar-refractivity contribution in [3.63, 3.8) is 0 Å². The number of carbonyl (C=O) groups excluding carboxylic acids is 1. The van der Waals surface area contributed by atoms with Gasteiger partial charge in [0.05, 0.1) is 12.3 Å². The summed E-state index contributed by atoms with van der Waals surface area (Å²) in [6.07, 6.45) is 4.66. The van der Waals surface area contributed by atoms with Crippen LogP contribution in [0.4, 0.5) is 4.39 Å². The van der Waals surface area contributed by atoms with Gasteiger partial charge in [0, 0.05) is 24.4 Å². The van der Waals surface area contributed by atoms with Crippen molar-refractivity contribution in [1.82, 2.24) is 4.90 Å². The zero-order chi connectivity index (χ0) is 20.2. The predicted molar refractivity (Wildman–Crippen MR) is 111 cm³/mol. The summed E-state index contributed by atoms with van der Waals surface area (Å²) in [5.74, 6) is 0.00573. The van der Waals surface area contributed by atoms with Crippen LogP contribution < -0.4 is 0 Å². The first-order valence-electron chi connectivity index (χ1n) is 10.4. The highest BCUT2D eigenvalue weighted by Gasteiger charge is 2.31. The first-order valence-corrected chi connectivity index (χ1v) is 10.4. The summed E-state index contributed by atoms with van der Waals surface area (Å²) in [5, 5.41) is 4.31. The Hall–Kier alpha value is -2.69. The molecule has 1 aliphatic heterocycles. The fraction of sp³-hybridized carbons (Fsp3) is 0.417. The largest absolute Gasteiger partial charge is 0.390 e. The Labute approximate surface area is 171 Å². The molecule has 0 aromatic heterocycles. The lowest BCUT2D eigenvalue weighted by atomic mass is 9.99. The first kappa shape index (κ1) is 19.6. The summed E-state index contributed by atoms with van der Waals surface area (Å²) in [6.45, 7) is 3.02. The number of amides is 1. The average molecular weight is 394 g/mol. The van der Waals surface area contributed by atoms with E-state index >= 15 is 0 Å². The van der Waals surface area contributed by atoms with Crippen LogP contribution >= 0.6 is 0 Å². The maximum absolute atomic E-state index is 13.3. The van der Waals surface area contributed by atoms with E-state index in [1.54, 1.807) is 12.1 Å². The van der Waals surface area contributed by atoms with E-state index in [-0.39, 0.29) is 23.7 Å². The molecule has 0 saturated heterocycles. The molecular formula is C24H27FN2O2. The Bertz CT molecular complexity index is 888. The topological polar surface area (TPSA) is 41.9 Å². The van der Waals surface area contributed by atoms with Crippen molar-refractivity contribution in [3.05, 3.63) is 71.0 Å². The molecule has 1 aliphatic carbocycles. The monoisotopic (exact) mass is 394 g/mol. The highest BCUT2D eigenvalue weighted by molar-refractivity contribution is 6.02. The lowest BCUT2D eigenvalue weighted by Gasteiger charge is -2.27. The molecular weight excluding hydrogens is 367 g/mol. The van der Waals surface area contributed by atoms with Crippen molar-refractivity contribution >= 4 is 11.6 Å². The van der Waals surface area contributed by atoms with E-state index in [0.717, 1.165) is 42.5 Å². The zero-order valence-corrected chi connectivity index (χ0v) is 16.8. The van der Waals surface area contributed by atoms with Gasteiger partial charge < -0.3 is 9.74 Å². The van der Waals surface area contributed by atoms with Gasteiger partial charge in [0.2, 0.25) is 5.91 Å². The second kappa shape index (κ2) is 8.76. The number of oxime groups is 1. The second-order valence-corrected chi connectivity index (χ2v) is 8.11. The summed E-state index contributed by atoms with van der Waals surface area (Å²) >= 11 is 0. The molecule has 1 fully saturated rings. The number of hydrogen-bond acceptors (Lipinski definition) is 3. The molecule has 4 rings (SSSR count). The number of halogens is 1. The van der Waals surface area contributed by atoms with E-state index in [2.05, 4.69) is 24.2 Å². The van der Waals surface area contributed by atoms with Gasteiger partial charge in [-0.15, -0.1) is 0 Å². The van der Waals surface area contributed by atoms with Crippen LogP contribution in [0.5, 0.6) is 0 Å². The van der Waals surface area contributed by atoms with Crippen LogP contribution in [-0.2, 0) is 16.2 Å². The molecule has 1 saturated carbocycles. The minimum Gasteiger partial charge on any atom is -0.390 e. The molecule has 152 valence electrons. The maximum Gasteiger partial charge on any atom is 0.226 e. The van der Waals surface area contributed by atoms with Crippen LogP contribution in [0.2, 0.25) is 0 Å². The van der Waals surface area contributed by atoms with Crippen molar-refractivity contribution < 1.29 is 14.0 Å². The number of rotatable bonds is 6. The molecule has 1 amide bonds. The number of nitrogens with zero attached hydrogens (tertiary/aromatic N) is 2. The number of carbonyl (C=O) groups is 1. The molecule has 2 aliphatic rings. The highest BCUT2D eigenvalue weighted by Crippen LogP contribution is 2.28. The van der Waals surface area contributed by atoms with Gasteiger partial charge in [0.1, 0.15) is 5.82 Å². The van der Waals surface area contributed by atoms with Crippen LogP contribution in [0.15, 0.2) is 53.7 Å². The van der Waals surface area contributed by atoms with Crippen LogP contribution in [-0.4, -0.2) is 29.2 Å². The molecule has 0 bridgehead atoms. The second-order valence-electron chi connectivity index (χ2n) is 8.11. The van der Waals surface area contributed by atoms with E-state index in [0.29, 0.717) is 19.5 Å². The van der Waals surface area contributed by atoms with Gasteiger partial charge in [0.15, 0.2) is 6.10 Å². The van der Waals surface area contributed by atoms with Crippen molar-refractivity contribution in [1.29, 1.82) is 0 Å². The Morgan fingerprint density at radius 1 is 1.14 bits per heavy atom. The van der Waals surface area contributed by atoms with Crippen LogP contribution in [0.25, 0.3) is 0 Å². The Kier molecular flexibility index (Phi) is 5.93. The normalized spacial score (nSPS) is 19.1. The molecule has 0 radical (unpaired) electrons. The maximum atomic E-state index is 13.3. The average Bonchev–Trinajstić information content (AvgIpc) is 3.41. The molecule has 5 heteroatoms. The summed E-state index contributed by atoms with van der Waals surface area (Å²) < 4.78 is 13.3.